The SMILES string of the molecule is O=C(O)c1nnn2c1COCC2c1ccccc1. The molecule has 3 rings (SSSR count). The minimum atomic E-state index is -1.08. The molecule has 0 radical (unpaired) electrons. The van der Waals surface area contributed by atoms with Crippen molar-refractivity contribution in [1.82, 2.24) is 15.0 Å². The molecule has 1 aliphatic rings. The van der Waals surface area contributed by atoms with Crippen LogP contribution in [0.15, 0.2) is 30.3 Å². The third-order valence-corrected chi connectivity index (χ3v) is 2.99. The molecule has 1 aliphatic heterocycles. The van der Waals surface area contributed by atoms with Crippen molar-refractivity contribution in [3.05, 3.63) is 47.3 Å². The zero-order valence-corrected chi connectivity index (χ0v) is 9.48. The van der Waals surface area contributed by atoms with Crippen LogP contribution in [0.5, 0.6) is 0 Å². The van der Waals surface area contributed by atoms with Crippen LogP contribution in [0.1, 0.15) is 27.8 Å². The summed E-state index contributed by atoms with van der Waals surface area (Å²) in [5, 5.41) is 16.7. The summed E-state index contributed by atoms with van der Waals surface area (Å²) in [6, 6.07) is 9.60. The van der Waals surface area contributed by atoms with Gasteiger partial charge in [-0.2, -0.15) is 0 Å². The molecule has 2 aromatic rings. The van der Waals surface area contributed by atoms with Crippen molar-refractivity contribution in [2.24, 2.45) is 0 Å². The van der Waals surface area contributed by atoms with Crippen molar-refractivity contribution in [2.75, 3.05) is 6.61 Å². The van der Waals surface area contributed by atoms with E-state index in [1.165, 1.54) is 0 Å². The molecule has 0 aliphatic carbocycles. The first-order valence-corrected chi connectivity index (χ1v) is 5.57. The summed E-state index contributed by atoms with van der Waals surface area (Å²) in [5.74, 6) is -1.08. The Labute approximate surface area is 103 Å². The van der Waals surface area contributed by atoms with Crippen molar-refractivity contribution < 1.29 is 14.6 Å². The molecule has 6 nitrogen and oxygen atoms in total. The number of carbonyl (C=O) groups is 1. The number of fused-ring (bicyclic) bond motifs is 1. The lowest BCUT2D eigenvalue weighted by atomic mass is 10.1. The van der Waals surface area contributed by atoms with E-state index in [1.54, 1.807) is 4.68 Å². The minimum absolute atomic E-state index is 0.0318. The molecule has 0 saturated carbocycles. The smallest absolute Gasteiger partial charge is 0.358 e. The molecule has 1 aromatic carbocycles. The molecule has 1 atom stereocenters. The van der Waals surface area contributed by atoms with Crippen molar-refractivity contribution >= 4 is 5.97 Å². The summed E-state index contributed by atoms with van der Waals surface area (Å²) in [4.78, 5) is 11.0. The predicted octanol–water partition coefficient (Wildman–Crippen LogP) is 1.10. The van der Waals surface area contributed by atoms with Gasteiger partial charge >= 0.3 is 5.97 Å². The highest BCUT2D eigenvalue weighted by atomic mass is 16.5. The highest BCUT2D eigenvalue weighted by Crippen LogP contribution is 2.25. The lowest BCUT2D eigenvalue weighted by Crippen LogP contribution is -2.26. The maximum absolute atomic E-state index is 11.0. The van der Waals surface area contributed by atoms with Gasteiger partial charge in [-0.15, -0.1) is 5.10 Å². The third kappa shape index (κ3) is 1.67. The van der Waals surface area contributed by atoms with E-state index >= 15 is 0 Å². The monoisotopic (exact) mass is 245 g/mol. The van der Waals surface area contributed by atoms with Gasteiger partial charge in [-0.3, -0.25) is 0 Å². The Balaban J connectivity index is 2.06. The molecule has 1 unspecified atom stereocenters. The summed E-state index contributed by atoms with van der Waals surface area (Å²) >= 11 is 0. The molecule has 0 fully saturated rings. The van der Waals surface area contributed by atoms with Crippen LogP contribution in [0.3, 0.4) is 0 Å². The Kier molecular flexibility index (Phi) is 2.56. The van der Waals surface area contributed by atoms with Gasteiger partial charge in [0.25, 0.3) is 0 Å². The van der Waals surface area contributed by atoms with Gasteiger partial charge in [-0.1, -0.05) is 35.5 Å². The van der Waals surface area contributed by atoms with E-state index in [9.17, 15) is 4.79 Å². The van der Waals surface area contributed by atoms with Gasteiger partial charge in [0.15, 0.2) is 5.69 Å². The standard InChI is InChI=1S/C12H11N3O3/c16-12(17)11-10-7-18-6-9(15(10)14-13-11)8-4-2-1-3-5-8/h1-5,9H,6-7H2,(H,16,17). The molecule has 2 heterocycles. The fourth-order valence-corrected chi connectivity index (χ4v) is 2.11. The highest BCUT2D eigenvalue weighted by molar-refractivity contribution is 5.86. The first-order valence-electron chi connectivity index (χ1n) is 5.57. The predicted molar refractivity (Wildman–Crippen MR) is 61.2 cm³/mol. The normalized spacial score (nSPS) is 18.3. The molecule has 0 spiro atoms. The van der Waals surface area contributed by atoms with E-state index in [2.05, 4.69) is 10.3 Å². The Morgan fingerprint density at radius 1 is 1.39 bits per heavy atom. The van der Waals surface area contributed by atoms with Gasteiger partial charge in [-0.25, -0.2) is 9.48 Å². The molecular weight excluding hydrogens is 234 g/mol. The van der Waals surface area contributed by atoms with Crippen LogP contribution in [0.25, 0.3) is 0 Å². The molecule has 6 heteroatoms. The molecule has 0 amide bonds. The van der Waals surface area contributed by atoms with Gasteiger partial charge in [0, 0.05) is 0 Å². The number of nitrogens with zero attached hydrogens (tertiary/aromatic N) is 3. The molecular formula is C12H11N3O3. The molecule has 0 bridgehead atoms. The molecule has 18 heavy (non-hydrogen) atoms. The quantitative estimate of drug-likeness (QED) is 0.857. The maximum atomic E-state index is 11.0. The van der Waals surface area contributed by atoms with E-state index in [1.807, 2.05) is 30.3 Å². The summed E-state index contributed by atoms with van der Waals surface area (Å²) in [7, 11) is 0. The molecule has 1 N–H and O–H groups in total. The topological polar surface area (TPSA) is 77.2 Å². The summed E-state index contributed by atoms with van der Waals surface area (Å²) in [6.45, 7) is 0.706. The first-order chi connectivity index (χ1) is 8.77. The molecule has 1 aromatic heterocycles. The number of aromatic nitrogens is 3. The summed E-state index contributed by atoms with van der Waals surface area (Å²) < 4.78 is 7.09. The van der Waals surface area contributed by atoms with E-state index in [0.717, 1.165) is 5.56 Å². The van der Waals surface area contributed by atoms with Crippen molar-refractivity contribution in [1.29, 1.82) is 0 Å². The van der Waals surface area contributed by atoms with E-state index in [0.29, 0.717) is 12.3 Å². The van der Waals surface area contributed by atoms with E-state index in [-0.39, 0.29) is 18.3 Å². The zero-order chi connectivity index (χ0) is 12.5. The number of carboxylic acids is 1. The Bertz CT molecular complexity index is 580. The fraction of sp³-hybridized carbons (Fsp3) is 0.250. The van der Waals surface area contributed by atoms with Crippen LogP contribution < -0.4 is 0 Å². The van der Waals surface area contributed by atoms with Crippen LogP contribution in [0.4, 0.5) is 0 Å². The number of ether oxygens (including phenoxy) is 1. The summed E-state index contributed by atoms with van der Waals surface area (Å²) in [5.41, 5.74) is 1.51. The average Bonchev–Trinajstić information content (AvgIpc) is 2.83. The number of aromatic carboxylic acids is 1. The fourth-order valence-electron chi connectivity index (χ4n) is 2.11. The van der Waals surface area contributed by atoms with Crippen LogP contribution in [-0.2, 0) is 11.3 Å². The number of benzene rings is 1. The lowest BCUT2D eigenvalue weighted by Gasteiger charge is -2.24. The van der Waals surface area contributed by atoms with E-state index < -0.39 is 5.97 Å². The number of hydrogen-bond acceptors (Lipinski definition) is 4. The van der Waals surface area contributed by atoms with Crippen molar-refractivity contribution in [3.8, 4) is 0 Å². The van der Waals surface area contributed by atoms with Crippen LogP contribution in [0.2, 0.25) is 0 Å². The third-order valence-electron chi connectivity index (χ3n) is 2.99. The van der Waals surface area contributed by atoms with Crippen LogP contribution >= 0.6 is 0 Å². The van der Waals surface area contributed by atoms with Gasteiger partial charge in [0.05, 0.1) is 13.2 Å². The van der Waals surface area contributed by atoms with Gasteiger partial charge < -0.3 is 9.84 Å². The summed E-state index contributed by atoms with van der Waals surface area (Å²) in [6.07, 6.45) is 0. The van der Waals surface area contributed by atoms with Crippen LogP contribution in [0, 0.1) is 0 Å². The average molecular weight is 245 g/mol. The van der Waals surface area contributed by atoms with Crippen LogP contribution in [-0.4, -0.2) is 32.7 Å². The van der Waals surface area contributed by atoms with Gasteiger partial charge in [0.1, 0.15) is 11.7 Å². The second kappa shape index (κ2) is 4.23. The highest BCUT2D eigenvalue weighted by Gasteiger charge is 2.28. The van der Waals surface area contributed by atoms with Gasteiger partial charge in [0.2, 0.25) is 0 Å². The zero-order valence-electron chi connectivity index (χ0n) is 9.48. The second-order valence-electron chi connectivity index (χ2n) is 4.08. The van der Waals surface area contributed by atoms with Crippen molar-refractivity contribution in [3.63, 3.8) is 0 Å². The Morgan fingerprint density at radius 3 is 2.89 bits per heavy atom. The van der Waals surface area contributed by atoms with Crippen molar-refractivity contribution in [2.45, 2.75) is 12.6 Å². The lowest BCUT2D eigenvalue weighted by molar-refractivity contribution is 0.0584. The maximum Gasteiger partial charge on any atom is 0.358 e. The first kappa shape index (κ1) is 10.9. The number of hydrogen-bond donors (Lipinski definition) is 1. The number of carboxylic acid groups (broad SMARTS) is 1. The molecule has 92 valence electrons. The Hall–Kier alpha value is -2.21. The number of rotatable bonds is 2. The Morgan fingerprint density at radius 2 is 2.17 bits per heavy atom. The minimum Gasteiger partial charge on any atom is -0.476 e. The van der Waals surface area contributed by atoms with E-state index in [4.69, 9.17) is 9.84 Å². The largest absolute Gasteiger partial charge is 0.476 e. The second-order valence-corrected chi connectivity index (χ2v) is 4.08. The molecule has 0 saturated heterocycles. The van der Waals surface area contributed by atoms with Gasteiger partial charge in [-0.05, 0) is 5.56 Å².